The number of carbonyl (C=O) groups is 1. The Labute approximate surface area is 157 Å². The molecule has 1 amide bonds. The Kier molecular flexibility index (Phi) is 4.96. The maximum absolute atomic E-state index is 12.1. The SMILES string of the molecule is Cc1cc(C2OCOC2c2ccc(Cl)cc2)ccc1N1CCOCC1=O. The fraction of sp³-hybridized carbons (Fsp3) is 0.350. The van der Waals surface area contributed by atoms with Gasteiger partial charge in [-0.25, -0.2) is 0 Å². The van der Waals surface area contributed by atoms with Crippen LogP contribution in [0.3, 0.4) is 0 Å². The normalized spacial score (nSPS) is 23.5. The van der Waals surface area contributed by atoms with Gasteiger partial charge < -0.3 is 19.1 Å². The van der Waals surface area contributed by atoms with Crippen LogP contribution in [-0.2, 0) is 19.0 Å². The van der Waals surface area contributed by atoms with Gasteiger partial charge in [0.25, 0.3) is 5.91 Å². The molecule has 0 N–H and O–H groups in total. The first-order chi connectivity index (χ1) is 12.6. The topological polar surface area (TPSA) is 48.0 Å². The van der Waals surface area contributed by atoms with Crippen LogP contribution < -0.4 is 4.90 Å². The van der Waals surface area contributed by atoms with Gasteiger partial charge in [-0.2, -0.15) is 0 Å². The van der Waals surface area contributed by atoms with Crippen molar-refractivity contribution in [1.82, 2.24) is 0 Å². The van der Waals surface area contributed by atoms with E-state index in [-0.39, 0.29) is 31.5 Å². The lowest BCUT2D eigenvalue weighted by molar-refractivity contribution is -0.125. The smallest absolute Gasteiger partial charge is 0.253 e. The lowest BCUT2D eigenvalue weighted by Crippen LogP contribution is -2.42. The van der Waals surface area contributed by atoms with Crippen molar-refractivity contribution in [3.05, 3.63) is 64.2 Å². The minimum Gasteiger partial charge on any atom is -0.370 e. The van der Waals surface area contributed by atoms with Crippen molar-refractivity contribution in [1.29, 1.82) is 0 Å². The van der Waals surface area contributed by atoms with E-state index < -0.39 is 0 Å². The molecule has 0 radical (unpaired) electrons. The quantitative estimate of drug-likeness (QED) is 0.821. The van der Waals surface area contributed by atoms with Gasteiger partial charge in [-0.15, -0.1) is 0 Å². The summed E-state index contributed by atoms with van der Waals surface area (Å²) in [5.74, 6) is -0.00779. The van der Waals surface area contributed by atoms with Crippen molar-refractivity contribution >= 4 is 23.2 Å². The largest absolute Gasteiger partial charge is 0.370 e. The first-order valence-corrected chi connectivity index (χ1v) is 8.98. The van der Waals surface area contributed by atoms with Crippen LogP contribution in [0, 0.1) is 6.92 Å². The number of amides is 1. The summed E-state index contributed by atoms with van der Waals surface area (Å²) >= 11 is 5.98. The highest BCUT2D eigenvalue weighted by molar-refractivity contribution is 6.30. The van der Waals surface area contributed by atoms with E-state index in [0.29, 0.717) is 18.2 Å². The van der Waals surface area contributed by atoms with Crippen LogP contribution in [0.5, 0.6) is 0 Å². The van der Waals surface area contributed by atoms with E-state index in [4.69, 9.17) is 25.8 Å². The molecule has 2 unspecified atom stereocenters. The van der Waals surface area contributed by atoms with Crippen molar-refractivity contribution in [2.75, 3.05) is 31.5 Å². The number of ether oxygens (including phenoxy) is 3. The highest BCUT2D eigenvalue weighted by atomic mass is 35.5. The molecule has 136 valence electrons. The molecule has 5 nitrogen and oxygen atoms in total. The van der Waals surface area contributed by atoms with Crippen molar-refractivity contribution < 1.29 is 19.0 Å². The molecule has 2 fully saturated rings. The Balaban J connectivity index is 1.60. The summed E-state index contributed by atoms with van der Waals surface area (Å²) in [5, 5.41) is 0.694. The van der Waals surface area contributed by atoms with Gasteiger partial charge in [-0.05, 0) is 41.8 Å². The Hall–Kier alpha value is -1.92. The van der Waals surface area contributed by atoms with Gasteiger partial charge >= 0.3 is 0 Å². The number of anilines is 1. The van der Waals surface area contributed by atoms with Crippen LogP contribution in [0.25, 0.3) is 0 Å². The first kappa shape index (κ1) is 17.5. The minimum absolute atomic E-state index is 0.00779. The number of benzene rings is 2. The lowest BCUT2D eigenvalue weighted by atomic mass is 9.96. The third-order valence-corrected chi connectivity index (χ3v) is 5.05. The molecule has 6 heteroatoms. The van der Waals surface area contributed by atoms with Crippen LogP contribution in [0.15, 0.2) is 42.5 Å². The molecule has 2 aromatic rings. The van der Waals surface area contributed by atoms with Gasteiger partial charge in [0, 0.05) is 17.3 Å². The second-order valence-electron chi connectivity index (χ2n) is 6.49. The molecule has 2 saturated heterocycles. The molecule has 2 atom stereocenters. The third-order valence-electron chi connectivity index (χ3n) is 4.79. The molecule has 2 aliphatic rings. The van der Waals surface area contributed by atoms with Crippen molar-refractivity contribution in [3.8, 4) is 0 Å². The lowest BCUT2D eigenvalue weighted by Gasteiger charge is -2.29. The van der Waals surface area contributed by atoms with E-state index >= 15 is 0 Å². The molecule has 0 spiro atoms. The van der Waals surface area contributed by atoms with Crippen LogP contribution in [0.1, 0.15) is 28.9 Å². The fourth-order valence-corrected chi connectivity index (χ4v) is 3.61. The molecule has 0 aromatic heterocycles. The number of carbonyl (C=O) groups excluding carboxylic acids is 1. The first-order valence-electron chi connectivity index (χ1n) is 8.61. The zero-order valence-corrected chi connectivity index (χ0v) is 15.2. The molecule has 0 aliphatic carbocycles. The van der Waals surface area contributed by atoms with Gasteiger partial charge in [-0.1, -0.05) is 35.9 Å². The molecule has 2 aromatic carbocycles. The number of aryl methyl sites for hydroxylation is 1. The van der Waals surface area contributed by atoms with Crippen molar-refractivity contribution in [2.24, 2.45) is 0 Å². The number of hydrogen-bond donors (Lipinski definition) is 0. The Morgan fingerprint density at radius 1 is 1.04 bits per heavy atom. The van der Waals surface area contributed by atoms with E-state index in [1.165, 1.54) is 0 Å². The zero-order chi connectivity index (χ0) is 18.1. The Morgan fingerprint density at radius 2 is 1.73 bits per heavy atom. The van der Waals surface area contributed by atoms with Crippen LogP contribution in [0.2, 0.25) is 5.02 Å². The molecular formula is C20H20ClNO4. The summed E-state index contributed by atoms with van der Waals surface area (Å²) in [6.45, 7) is 3.54. The van der Waals surface area contributed by atoms with E-state index in [1.807, 2.05) is 43.3 Å². The van der Waals surface area contributed by atoms with Gasteiger partial charge in [0.15, 0.2) is 0 Å². The molecular weight excluding hydrogens is 354 g/mol. The maximum atomic E-state index is 12.1. The van der Waals surface area contributed by atoms with Crippen molar-refractivity contribution in [2.45, 2.75) is 19.1 Å². The second-order valence-corrected chi connectivity index (χ2v) is 6.92. The van der Waals surface area contributed by atoms with E-state index in [9.17, 15) is 4.79 Å². The molecule has 26 heavy (non-hydrogen) atoms. The number of halogens is 1. The Bertz CT molecular complexity index is 808. The van der Waals surface area contributed by atoms with E-state index in [2.05, 4.69) is 6.07 Å². The third kappa shape index (κ3) is 3.35. The number of rotatable bonds is 3. The van der Waals surface area contributed by atoms with Gasteiger partial charge in [0.1, 0.15) is 25.6 Å². The summed E-state index contributed by atoms with van der Waals surface area (Å²) < 4.78 is 16.9. The number of morpholine rings is 1. The highest BCUT2D eigenvalue weighted by Crippen LogP contribution is 2.41. The molecule has 4 rings (SSSR count). The van der Waals surface area contributed by atoms with Gasteiger partial charge in [0.05, 0.1) is 6.61 Å². The summed E-state index contributed by atoms with van der Waals surface area (Å²) in [4.78, 5) is 13.9. The summed E-state index contributed by atoms with van der Waals surface area (Å²) in [6.07, 6.45) is -0.369. The van der Waals surface area contributed by atoms with Crippen molar-refractivity contribution in [3.63, 3.8) is 0 Å². The maximum Gasteiger partial charge on any atom is 0.253 e. The summed E-state index contributed by atoms with van der Waals surface area (Å²) in [7, 11) is 0. The average molecular weight is 374 g/mol. The monoisotopic (exact) mass is 373 g/mol. The second kappa shape index (κ2) is 7.37. The van der Waals surface area contributed by atoms with Crippen LogP contribution >= 0.6 is 11.6 Å². The zero-order valence-electron chi connectivity index (χ0n) is 14.5. The highest BCUT2D eigenvalue weighted by Gasteiger charge is 2.32. The molecule has 0 saturated carbocycles. The fourth-order valence-electron chi connectivity index (χ4n) is 3.49. The predicted molar refractivity (Wildman–Crippen MR) is 98.3 cm³/mol. The van der Waals surface area contributed by atoms with Gasteiger partial charge in [-0.3, -0.25) is 4.79 Å². The Morgan fingerprint density at radius 3 is 2.42 bits per heavy atom. The minimum atomic E-state index is -0.190. The summed E-state index contributed by atoms with van der Waals surface area (Å²) in [5.41, 5.74) is 4.01. The predicted octanol–water partition coefficient (Wildman–Crippen LogP) is 3.80. The van der Waals surface area contributed by atoms with Gasteiger partial charge in [0.2, 0.25) is 0 Å². The van der Waals surface area contributed by atoms with E-state index in [1.54, 1.807) is 4.90 Å². The molecule has 2 heterocycles. The molecule has 2 aliphatic heterocycles. The number of nitrogens with zero attached hydrogens (tertiary/aromatic N) is 1. The van der Waals surface area contributed by atoms with Crippen LogP contribution in [0.4, 0.5) is 5.69 Å². The number of hydrogen-bond acceptors (Lipinski definition) is 4. The van der Waals surface area contributed by atoms with E-state index in [0.717, 1.165) is 22.4 Å². The average Bonchev–Trinajstić information content (AvgIpc) is 3.13. The van der Waals surface area contributed by atoms with Crippen LogP contribution in [-0.4, -0.2) is 32.5 Å². The standard InChI is InChI=1S/C20H20ClNO4/c1-13-10-15(4-7-17(13)22-8-9-24-11-18(22)23)20-19(25-12-26-20)14-2-5-16(21)6-3-14/h2-7,10,19-20H,8-9,11-12H2,1H3. The summed E-state index contributed by atoms with van der Waals surface area (Å²) in [6, 6.07) is 13.7. The molecule has 0 bridgehead atoms.